The number of thioether (sulfide) groups is 1. The Labute approximate surface area is 178 Å². The van der Waals surface area contributed by atoms with Crippen molar-refractivity contribution in [2.75, 3.05) is 7.11 Å². The van der Waals surface area contributed by atoms with E-state index >= 15 is 0 Å². The fourth-order valence-electron chi connectivity index (χ4n) is 3.02. The Morgan fingerprint density at radius 1 is 1.03 bits per heavy atom. The van der Waals surface area contributed by atoms with Gasteiger partial charge in [-0.15, -0.1) is 0 Å². The van der Waals surface area contributed by atoms with Gasteiger partial charge in [-0.3, -0.25) is 4.79 Å². The molecule has 1 aromatic heterocycles. The van der Waals surface area contributed by atoms with Gasteiger partial charge in [-0.25, -0.2) is 27.6 Å². The van der Waals surface area contributed by atoms with Crippen LogP contribution in [0.1, 0.15) is 26.9 Å². The highest BCUT2D eigenvalue weighted by molar-refractivity contribution is 8.14. The van der Waals surface area contributed by atoms with Gasteiger partial charge >= 0.3 is 0 Å². The quantitative estimate of drug-likeness (QED) is 0.534. The maximum Gasteiger partial charge on any atom is 0.281 e. The number of halogens is 4. The lowest BCUT2D eigenvalue weighted by Gasteiger charge is -2.22. The maximum absolute atomic E-state index is 14.3. The third-order valence-electron chi connectivity index (χ3n) is 4.42. The van der Waals surface area contributed by atoms with Crippen LogP contribution in [0.4, 0.5) is 17.6 Å². The number of carbonyl (C=O) groups is 1. The van der Waals surface area contributed by atoms with E-state index in [2.05, 4.69) is 10.1 Å². The van der Waals surface area contributed by atoms with Gasteiger partial charge in [0, 0.05) is 29.5 Å². The maximum atomic E-state index is 14.3. The van der Waals surface area contributed by atoms with E-state index in [1.165, 1.54) is 37.6 Å². The largest absolute Gasteiger partial charge is 0.481 e. The third kappa shape index (κ3) is 3.98. The number of carbonyl (C=O) groups excluding carboxylic acids is 1. The Kier molecular flexibility index (Phi) is 5.64. The zero-order valence-electron chi connectivity index (χ0n) is 15.9. The van der Waals surface area contributed by atoms with E-state index in [9.17, 15) is 22.4 Å². The Balaban J connectivity index is 1.81. The SMILES string of the molecule is COc1ncccc1C1SC(c2ccc(F)cc2)=NN1C(=O)c1c(F)cc(F)cc1F. The van der Waals surface area contributed by atoms with Crippen LogP contribution < -0.4 is 4.74 Å². The second kappa shape index (κ2) is 8.38. The van der Waals surface area contributed by atoms with Gasteiger partial charge in [0.1, 0.15) is 39.2 Å². The molecule has 1 atom stereocenters. The molecule has 0 spiro atoms. The predicted molar refractivity (Wildman–Crippen MR) is 107 cm³/mol. The van der Waals surface area contributed by atoms with Gasteiger partial charge in [-0.1, -0.05) is 11.8 Å². The van der Waals surface area contributed by atoms with E-state index in [0.717, 1.165) is 16.8 Å². The molecule has 1 amide bonds. The number of aromatic nitrogens is 1. The molecule has 0 fully saturated rings. The molecule has 1 aliphatic heterocycles. The number of nitrogens with zero attached hydrogens (tertiary/aromatic N) is 3. The van der Waals surface area contributed by atoms with Crippen LogP contribution in [0.3, 0.4) is 0 Å². The van der Waals surface area contributed by atoms with Crippen LogP contribution >= 0.6 is 11.8 Å². The van der Waals surface area contributed by atoms with Crippen molar-refractivity contribution in [2.45, 2.75) is 5.37 Å². The summed E-state index contributed by atoms with van der Waals surface area (Å²) in [5.74, 6) is -5.24. The highest BCUT2D eigenvalue weighted by Crippen LogP contribution is 2.44. The summed E-state index contributed by atoms with van der Waals surface area (Å²) in [6.07, 6.45) is 1.48. The number of amides is 1. The van der Waals surface area contributed by atoms with Crippen molar-refractivity contribution in [2.24, 2.45) is 5.10 Å². The molecule has 0 saturated heterocycles. The summed E-state index contributed by atoms with van der Waals surface area (Å²) >= 11 is 1.09. The molecule has 10 heteroatoms. The first kappa shape index (κ1) is 20.9. The molecule has 0 aliphatic carbocycles. The summed E-state index contributed by atoms with van der Waals surface area (Å²) < 4.78 is 60.5. The average Bonchev–Trinajstić information content (AvgIpc) is 3.18. The van der Waals surface area contributed by atoms with E-state index in [0.29, 0.717) is 28.3 Å². The number of pyridine rings is 1. The van der Waals surface area contributed by atoms with Crippen molar-refractivity contribution in [3.05, 3.63) is 94.7 Å². The second-order valence-corrected chi connectivity index (χ2v) is 7.45. The summed E-state index contributed by atoms with van der Waals surface area (Å²) in [7, 11) is 1.39. The van der Waals surface area contributed by atoms with Crippen LogP contribution in [0.25, 0.3) is 0 Å². The zero-order valence-corrected chi connectivity index (χ0v) is 16.7. The molecule has 0 N–H and O–H groups in total. The van der Waals surface area contributed by atoms with Gasteiger partial charge in [-0.05, 0) is 36.4 Å². The molecule has 3 aromatic rings. The molecular weight excluding hydrogens is 434 g/mol. The lowest BCUT2D eigenvalue weighted by atomic mass is 10.1. The summed E-state index contributed by atoms with van der Waals surface area (Å²) in [6, 6.07) is 9.45. The highest BCUT2D eigenvalue weighted by atomic mass is 32.2. The van der Waals surface area contributed by atoms with Gasteiger partial charge in [0.2, 0.25) is 5.88 Å². The van der Waals surface area contributed by atoms with Gasteiger partial charge in [-0.2, -0.15) is 5.10 Å². The molecular formula is C21H13F4N3O2S. The van der Waals surface area contributed by atoms with Crippen LogP contribution in [-0.2, 0) is 0 Å². The molecule has 2 heterocycles. The molecule has 5 nitrogen and oxygen atoms in total. The standard InChI is InChI=1S/C21H13F4N3O2S/c1-30-18-14(3-2-8-26-18)21-28(20(29)17-15(24)9-13(23)10-16(17)25)27-19(31-21)11-4-6-12(22)7-5-11/h2-10,21H,1H3. The van der Waals surface area contributed by atoms with Crippen molar-refractivity contribution in [1.29, 1.82) is 0 Å². The number of ether oxygens (including phenoxy) is 1. The summed E-state index contributed by atoms with van der Waals surface area (Å²) in [4.78, 5) is 17.2. The minimum Gasteiger partial charge on any atom is -0.481 e. The predicted octanol–water partition coefficient (Wildman–Crippen LogP) is 4.90. The number of hydrogen-bond donors (Lipinski definition) is 0. The van der Waals surface area contributed by atoms with Crippen LogP contribution in [0.2, 0.25) is 0 Å². The minimum atomic E-state index is -1.35. The molecule has 0 radical (unpaired) electrons. The van der Waals surface area contributed by atoms with Crippen LogP contribution in [-0.4, -0.2) is 28.1 Å². The minimum absolute atomic E-state index is 0.188. The lowest BCUT2D eigenvalue weighted by molar-refractivity contribution is 0.0737. The first-order valence-electron chi connectivity index (χ1n) is 8.87. The number of hydrazone groups is 1. The number of methoxy groups -OCH3 is 1. The fraction of sp³-hybridized carbons (Fsp3) is 0.0952. The average molecular weight is 447 g/mol. The van der Waals surface area contributed by atoms with Crippen molar-refractivity contribution < 1.29 is 27.1 Å². The summed E-state index contributed by atoms with van der Waals surface area (Å²) in [5.41, 5.74) is -0.0271. The second-order valence-electron chi connectivity index (χ2n) is 6.38. The normalized spacial score (nSPS) is 15.7. The van der Waals surface area contributed by atoms with E-state index in [1.807, 2.05) is 0 Å². The summed E-state index contributed by atoms with van der Waals surface area (Å²) in [5, 5.41) is 4.53. The van der Waals surface area contributed by atoms with E-state index in [1.54, 1.807) is 12.1 Å². The Morgan fingerprint density at radius 2 is 1.71 bits per heavy atom. The summed E-state index contributed by atoms with van der Waals surface area (Å²) in [6.45, 7) is 0. The van der Waals surface area contributed by atoms with Gasteiger partial charge < -0.3 is 4.74 Å². The van der Waals surface area contributed by atoms with Crippen LogP contribution in [0, 0.1) is 23.3 Å². The van der Waals surface area contributed by atoms with E-state index < -0.39 is 40.1 Å². The van der Waals surface area contributed by atoms with Crippen molar-refractivity contribution >= 4 is 22.7 Å². The zero-order chi connectivity index (χ0) is 22.1. The first-order valence-corrected chi connectivity index (χ1v) is 9.75. The molecule has 1 aliphatic rings. The molecule has 158 valence electrons. The topological polar surface area (TPSA) is 54.8 Å². The Hall–Kier alpha value is -3.40. The van der Waals surface area contributed by atoms with Gasteiger partial charge in [0.25, 0.3) is 5.91 Å². The van der Waals surface area contributed by atoms with Crippen molar-refractivity contribution in [1.82, 2.24) is 9.99 Å². The van der Waals surface area contributed by atoms with Gasteiger partial charge in [0.05, 0.1) is 7.11 Å². The van der Waals surface area contributed by atoms with E-state index in [-0.39, 0.29) is 5.88 Å². The number of hydrogen-bond acceptors (Lipinski definition) is 5. The molecule has 4 rings (SSSR count). The Morgan fingerprint density at radius 3 is 2.35 bits per heavy atom. The van der Waals surface area contributed by atoms with Gasteiger partial charge in [0.15, 0.2) is 0 Å². The van der Waals surface area contributed by atoms with Crippen LogP contribution in [0.15, 0.2) is 59.8 Å². The monoisotopic (exact) mass is 447 g/mol. The van der Waals surface area contributed by atoms with Crippen molar-refractivity contribution in [3.8, 4) is 5.88 Å². The lowest BCUT2D eigenvalue weighted by Crippen LogP contribution is -2.28. The first-order chi connectivity index (χ1) is 14.9. The number of benzene rings is 2. The molecule has 0 bridgehead atoms. The molecule has 31 heavy (non-hydrogen) atoms. The Bertz CT molecular complexity index is 1160. The fourth-order valence-corrected chi connectivity index (χ4v) is 4.19. The third-order valence-corrected chi connectivity index (χ3v) is 5.64. The van der Waals surface area contributed by atoms with Crippen molar-refractivity contribution in [3.63, 3.8) is 0 Å². The van der Waals surface area contributed by atoms with E-state index in [4.69, 9.17) is 4.74 Å². The smallest absolute Gasteiger partial charge is 0.281 e. The molecule has 2 aromatic carbocycles. The molecule has 1 unspecified atom stereocenters. The highest BCUT2D eigenvalue weighted by Gasteiger charge is 2.38. The number of rotatable bonds is 4. The van der Waals surface area contributed by atoms with Crippen LogP contribution in [0.5, 0.6) is 5.88 Å². The molecule has 0 saturated carbocycles.